The van der Waals surface area contributed by atoms with E-state index < -0.39 is 0 Å². The Labute approximate surface area is 251 Å². The molecule has 0 atom stereocenters. The second kappa shape index (κ2) is 35.5. The van der Waals surface area contributed by atoms with Gasteiger partial charge < -0.3 is 0 Å². The van der Waals surface area contributed by atoms with Crippen molar-refractivity contribution >= 4 is 16.1 Å². The van der Waals surface area contributed by atoms with E-state index in [-0.39, 0.29) is 0 Å². The summed E-state index contributed by atoms with van der Waals surface area (Å²) in [7, 11) is 0. The van der Waals surface area contributed by atoms with Gasteiger partial charge in [-0.25, -0.2) is 3.93 Å². The molecule has 0 aromatic rings. The van der Waals surface area contributed by atoms with Crippen molar-refractivity contribution in [2.75, 3.05) is 13.1 Å². The van der Waals surface area contributed by atoms with Crippen molar-refractivity contribution in [1.29, 1.82) is 0 Å². The minimum Gasteiger partial charge on any atom is -0.242 e. The van der Waals surface area contributed by atoms with Crippen molar-refractivity contribution in [3.05, 3.63) is 0 Å². The van der Waals surface area contributed by atoms with Gasteiger partial charge in [-0.3, -0.25) is 0 Å². The molecule has 0 radical (unpaired) electrons. The van der Waals surface area contributed by atoms with Crippen LogP contribution in [-0.4, -0.2) is 17.0 Å². The number of hydrogen-bond donors (Lipinski definition) is 0. The summed E-state index contributed by atoms with van der Waals surface area (Å²) < 4.78 is 2.40. The molecular weight excluding hydrogens is 526 g/mol. The van der Waals surface area contributed by atoms with Crippen LogP contribution < -0.4 is 0 Å². The lowest BCUT2D eigenvalue weighted by Gasteiger charge is -2.13. The SMILES string of the molecule is CCCCCCCCCCCCCCCCCCN(Br)CCCCCCCCCCCCCCCCCC. The van der Waals surface area contributed by atoms with Gasteiger partial charge in [-0.1, -0.05) is 206 Å². The Balaban J connectivity index is 3.13. The third kappa shape index (κ3) is 34.5. The number of hydrogen-bond acceptors (Lipinski definition) is 1. The Morgan fingerprint density at radius 1 is 0.263 bits per heavy atom. The van der Waals surface area contributed by atoms with Gasteiger partial charge in [0.2, 0.25) is 0 Å². The molecule has 1 nitrogen and oxygen atoms in total. The first-order valence-electron chi connectivity index (χ1n) is 18.2. The first-order chi connectivity index (χ1) is 18.8. The normalized spacial score (nSPS) is 11.7. The van der Waals surface area contributed by atoms with Crippen LogP contribution in [0.4, 0.5) is 0 Å². The van der Waals surface area contributed by atoms with Crippen molar-refractivity contribution in [1.82, 2.24) is 3.93 Å². The van der Waals surface area contributed by atoms with Crippen LogP contribution in [0.1, 0.15) is 219 Å². The Morgan fingerprint density at radius 2 is 0.421 bits per heavy atom. The lowest BCUT2D eigenvalue weighted by molar-refractivity contribution is 0.434. The number of halogens is 1. The van der Waals surface area contributed by atoms with E-state index in [0.717, 1.165) is 0 Å². The predicted molar refractivity (Wildman–Crippen MR) is 180 cm³/mol. The molecule has 230 valence electrons. The van der Waals surface area contributed by atoms with Crippen molar-refractivity contribution in [3.63, 3.8) is 0 Å². The lowest BCUT2D eigenvalue weighted by atomic mass is 10.0. The van der Waals surface area contributed by atoms with Gasteiger partial charge in [0.15, 0.2) is 0 Å². The maximum absolute atomic E-state index is 3.80. The molecule has 0 aromatic carbocycles. The molecule has 0 aliphatic rings. The molecule has 0 saturated heterocycles. The minimum absolute atomic E-state index is 1.23. The summed E-state index contributed by atoms with van der Waals surface area (Å²) in [5, 5.41) is 0. The molecule has 2 heteroatoms. The number of rotatable bonds is 34. The van der Waals surface area contributed by atoms with E-state index >= 15 is 0 Å². The molecular formula is C36H74BrN. The molecule has 0 aliphatic carbocycles. The number of unbranched alkanes of at least 4 members (excludes halogenated alkanes) is 30. The second-order valence-corrected chi connectivity index (χ2v) is 13.5. The van der Waals surface area contributed by atoms with Crippen LogP contribution >= 0.6 is 16.1 Å². The standard InChI is InChI=1S/C36H74BrN/c1-3-5-7-9-11-13-15-17-19-21-23-25-27-29-31-33-35-38(37)36-34-32-30-28-26-24-22-20-18-16-14-12-10-8-6-4-2/h3-36H2,1-2H3. The van der Waals surface area contributed by atoms with Crippen molar-refractivity contribution in [2.24, 2.45) is 0 Å². The molecule has 0 amide bonds. The summed E-state index contributed by atoms with van der Waals surface area (Å²) in [6.07, 6.45) is 46.5. The van der Waals surface area contributed by atoms with Crippen molar-refractivity contribution in [3.8, 4) is 0 Å². The van der Waals surface area contributed by atoms with E-state index in [1.165, 1.54) is 219 Å². The minimum atomic E-state index is 1.23. The smallest absolute Gasteiger partial charge is 0.0120 e. The highest BCUT2D eigenvalue weighted by molar-refractivity contribution is 9.07. The van der Waals surface area contributed by atoms with Gasteiger partial charge in [0.05, 0.1) is 0 Å². The van der Waals surface area contributed by atoms with E-state index in [9.17, 15) is 0 Å². The summed E-state index contributed by atoms with van der Waals surface area (Å²) in [5.74, 6) is 0. The zero-order chi connectivity index (χ0) is 27.6. The molecule has 0 unspecified atom stereocenters. The van der Waals surface area contributed by atoms with E-state index in [1.807, 2.05) is 0 Å². The van der Waals surface area contributed by atoms with Crippen LogP contribution in [0.15, 0.2) is 0 Å². The fraction of sp³-hybridized carbons (Fsp3) is 1.00. The van der Waals surface area contributed by atoms with Crippen molar-refractivity contribution in [2.45, 2.75) is 219 Å². The topological polar surface area (TPSA) is 3.24 Å². The molecule has 0 rings (SSSR count). The molecule has 0 N–H and O–H groups in total. The first-order valence-corrected chi connectivity index (χ1v) is 18.9. The Bertz CT molecular complexity index is 363. The summed E-state index contributed by atoms with van der Waals surface area (Å²) in [6, 6.07) is 0. The van der Waals surface area contributed by atoms with E-state index in [0.29, 0.717) is 0 Å². The molecule has 0 fully saturated rings. The second-order valence-electron chi connectivity index (χ2n) is 12.5. The zero-order valence-corrected chi connectivity index (χ0v) is 28.5. The molecule has 0 saturated carbocycles. The van der Waals surface area contributed by atoms with E-state index in [4.69, 9.17) is 0 Å². The van der Waals surface area contributed by atoms with Crippen LogP contribution in [-0.2, 0) is 0 Å². The Kier molecular flexibility index (Phi) is 35.9. The molecule has 0 aromatic heterocycles. The highest BCUT2D eigenvalue weighted by atomic mass is 79.9. The molecule has 0 bridgehead atoms. The third-order valence-electron chi connectivity index (χ3n) is 8.51. The Morgan fingerprint density at radius 3 is 0.605 bits per heavy atom. The van der Waals surface area contributed by atoms with E-state index in [2.05, 4.69) is 33.9 Å². The average Bonchev–Trinajstić information content (AvgIpc) is 2.92. The van der Waals surface area contributed by atoms with Crippen LogP contribution in [0.3, 0.4) is 0 Å². The summed E-state index contributed by atoms with van der Waals surface area (Å²) in [6.45, 7) is 7.08. The van der Waals surface area contributed by atoms with Gasteiger partial charge in [-0.05, 0) is 12.8 Å². The largest absolute Gasteiger partial charge is 0.242 e. The maximum Gasteiger partial charge on any atom is 0.0120 e. The monoisotopic (exact) mass is 600 g/mol. The van der Waals surface area contributed by atoms with E-state index in [1.54, 1.807) is 0 Å². The van der Waals surface area contributed by atoms with Gasteiger partial charge in [0.25, 0.3) is 0 Å². The van der Waals surface area contributed by atoms with Crippen LogP contribution in [0.5, 0.6) is 0 Å². The maximum atomic E-state index is 3.80. The van der Waals surface area contributed by atoms with Gasteiger partial charge in [0.1, 0.15) is 0 Å². The molecule has 0 spiro atoms. The third-order valence-corrected chi connectivity index (χ3v) is 9.22. The molecule has 38 heavy (non-hydrogen) atoms. The highest BCUT2D eigenvalue weighted by Gasteiger charge is 2.01. The van der Waals surface area contributed by atoms with Crippen molar-refractivity contribution < 1.29 is 0 Å². The summed E-state index contributed by atoms with van der Waals surface area (Å²) >= 11 is 3.80. The Hall–Kier alpha value is 0.440. The van der Waals surface area contributed by atoms with Gasteiger partial charge in [-0.15, -0.1) is 0 Å². The zero-order valence-electron chi connectivity index (χ0n) is 26.9. The lowest BCUT2D eigenvalue weighted by Crippen LogP contribution is -2.14. The first kappa shape index (κ1) is 38.4. The highest BCUT2D eigenvalue weighted by Crippen LogP contribution is 2.16. The predicted octanol–water partition coefficient (Wildman–Crippen LogP) is 14.1. The van der Waals surface area contributed by atoms with Crippen LogP contribution in [0.2, 0.25) is 0 Å². The van der Waals surface area contributed by atoms with Crippen LogP contribution in [0, 0.1) is 0 Å². The summed E-state index contributed by atoms with van der Waals surface area (Å²) in [4.78, 5) is 0. The molecule has 0 aliphatic heterocycles. The fourth-order valence-corrected chi connectivity index (χ4v) is 6.28. The molecule has 0 heterocycles. The van der Waals surface area contributed by atoms with Gasteiger partial charge >= 0.3 is 0 Å². The quantitative estimate of drug-likeness (QED) is 0.0524. The average molecular weight is 601 g/mol. The fourth-order valence-electron chi connectivity index (χ4n) is 5.77. The van der Waals surface area contributed by atoms with Gasteiger partial charge in [0, 0.05) is 29.2 Å². The summed E-state index contributed by atoms with van der Waals surface area (Å²) in [5.41, 5.74) is 0. The van der Waals surface area contributed by atoms with Gasteiger partial charge in [-0.2, -0.15) is 0 Å². The van der Waals surface area contributed by atoms with Crippen LogP contribution in [0.25, 0.3) is 0 Å². The number of nitrogens with zero attached hydrogens (tertiary/aromatic N) is 1.